The first-order valence-corrected chi connectivity index (χ1v) is 7.89. The largest absolute Gasteiger partial charge is 0.369 e. The number of likely N-dealkylation sites (tertiary alicyclic amines) is 1. The van der Waals surface area contributed by atoms with Gasteiger partial charge in [-0.15, -0.1) is 0 Å². The van der Waals surface area contributed by atoms with Gasteiger partial charge < -0.3 is 11.1 Å². The Morgan fingerprint density at radius 2 is 1.89 bits per heavy atom. The number of nitrogens with two attached hydrogens (primary N) is 1. The molecule has 2 rings (SSSR count). The lowest BCUT2D eigenvalue weighted by Crippen LogP contribution is -2.46. The molecular weight excluding hydrogens is 238 g/mol. The summed E-state index contributed by atoms with van der Waals surface area (Å²) in [6.07, 6.45) is 7.93. The Labute approximate surface area is 117 Å². The Balaban J connectivity index is 1.64. The smallest absolute Gasteiger partial charge is 0.231 e. The Morgan fingerprint density at radius 1 is 1.21 bits per heavy atom. The summed E-state index contributed by atoms with van der Waals surface area (Å²) >= 11 is 0. The predicted molar refractivity (Wildman–Crippen MR) is 77.8 cm³/mol. The SMILES string of the molecule is C[C@@H]1CCCC[C@@H]1CNC1CCN(CC(N)=O)CC1. The van der Waals surface area contributed by atoms with Crippen molar-refractivity contribution < 1.29 is 4.79 Å². The zero-order chi connectivity index (χ0) is 13.7. The van der Waals surface area contributed by atoms with Gasteiger partial charge in [0.25, 0.3) is 0 Å². The normalized spacial score (nSPS) is 30.4. The lowest BCUT2D eigenvalue weighted by atomic mass is 9.80. The lowest BCUT2D eigenvalue weighted by Gasteiger charge is -2.34. The molecule has 1 heterocycles. The summed E-state index contributed by atoms with van der Waals surface area (Å²) in [5.41, 5.74) is 5.23. The van der Waals surface area contributed by atoms with Crippen LogP contribution in [0, 0.1) is 11.8 Å². The second kappa shape index (κ2) is 7.25. The second-order valence-electron chi connectivity index (χ2n) is 6.45. The molecular formula is C15H29N3O. The number of amides is 1. The first-order valence-electron chi connectivity index (χ1n) is 7.89. The van der Waals surface area contributed by atoms with Crippen LogP contribution in [0.2, 0.25) is 0 Å². The number of rotatable bonds is 5. The number of nitrogens with one attached hydrogen (secondary N) is 1. The molecule has 19 heavy (non-hydrogen) atoms. The van der Waals surface area contributed by atoms with Gasteiger partial charge in [0.05, 0.1) is 6.54 Å². The third-order valence-electron chi connectivity index (χ3n) is 4.92. The van der Waals surface area contributed by atoms with Crippen LogP contribution in [-0.4, -0.2) is 43.0 Å². The molecule has 0 aromatic rings. The van der Waals surface area contributed by atoms with Crippen LogP contribution in [0.15, 0.2) is 0 Å². The van der Waals surface area contributed by atoms with Crippen molar-refractivity contribution in [2.75, 3.05) is 26.2 Å². The van der Waals surface area contributed by atoms with Crippen LogP contribution in [0.25, 0.3) is 0 Å². The minimum Gasteiger partial charge on any atom is -0.369 e. The molecule has 2 atom stereocenters. The van der Waals surface area contributed by atoms with Crippen LogP contribution >= 0.6 is 0 Å². The molecule has 0 aromatic carbocycles. The fourth-order valence-electron chi connectivity index (χ4n) is 3.53. The van der Waals surface area contributed by atoms with Crippen LogP contribution in [0.3, 0.4) is 0 Å². The lowest BCUT2D eigenvalue weighted by molar-refractivity contribution is -0.119. The van der Waals surface area contributed by atoms with E-state index in [-0.39, 0.29) is 5.91 Å². The minimum absolute atomic E-state index is 0.206. The van der Waals surface area contributed by atoms with E-state index in [1.165, 1.54) is 32.2 Å². The monoisotopic (exact) mass is 267 g/mol. The summed E-state index contributed by atoms with van der Waals surface area (Å²) in [6.45, 7) is 6.01. The van der Waals surface area contributed by atoms with E-state index < -0.39 is 0 Å². The third-order valence-corrected chi connectivity index (χ3v) is 4.92. The summed E-state index contributed by atoms with van der Waals surface area (Å²) in [6, 6.07) is 0.637. The van der Waals surface area contributed by atoms with Crippen LogP contribution < -0.4 is 11.1 Å². The zero-order valence-corrected chi connectivity index (χ0v) is 12.2. The van der Waals surface area contributed by atoms with Crippen molar-refractivity contribution in [3.63, 3.8) is 0 Å². The van der Waals surface area contributed by atoms with E-state index >= 15 is 0 Å². The summed E-state index contributed by atoms with van der Waals surface area (Å²) in [5, 5.41) is 3.75. The van der Waals surface area contributed by atoms with Crippen molar-refractivity contribution in [2.24, 2.45) is 17.6 Å². The Morgan fingerprint density at radius 3 is 2.53 bits per heavy atom. The van der Waals surface area contributed by atoms with Gasteiger partial charge in [-0.1, -0.05) is 26.2 Å². The summed E-state index contributed by atoms with van der Waals surface area (Å²) in [4.78, 5) is 13.1. The number of carbonyl (C=O) groups excluding carboxylic acids is 1. The van der Waals surface area contributed by atoms with E-state index in [1.807, 2.05) is 0 Å². The fourth-order valence-corrected chi connectivity index (χ4v) is 3.53. The summed E-state index contributed by atoms with van der Waals surface area (Å²) in [7, 11) is 0. The molecule has 1 saturated carbocycles. The van der Waals surface area contributed by atoms with Crippen molar-refractivity contribution in [3.05, 3.63) is 0 Å². The van der Waals surface area contributed by atoms with Gasteiger partial charge in [-0.2, -0.15) is 0 Å². The molecule has 4 nitrogen and oxygen atoms in total. The van der Waals surface area contributed by atoms with Gasteiger partial charge in [0.15, 0.2) is 0 Å². The zero-order valence-electron chi connectivity index (χ0n) is 12.2. The molecule has 0 unspecified atom stereocenters. The average molecular weight is 267 g/mol. The van der Waals surface area contributed by atoms with E-state index in [0.29, 0.717) is 12.6 Å². The Hall–Kier alpha value is -0.610. The molecule has 4 heteroatoms. The van der Waals surface area contributed by atoms with Gasteiger partial charge >= 0.3 is 0 Å². The standard InChI is InChI=1S/C15H29N3O/c1-12-4-2-3-5-13(12)10-17-14-6-8-18(9-7-14)11-15(16)19/h12-14,17H,2-11H2,1H3,(H2,16,19)/t12-,13-/m1/s1. The topological polar surface area (TPSA) is 58.4 Å². The van der Waals surface area contributed by atoms with E-state index in [0.717, 1.165) is 37.8 Å². The highest BCUT2D eigenvalue weighted by Gasteiger charge is 2.24. The first kappa shape index (κ1) is 14.8. The molecule has 0 bridgehead atoms. The number of hydrogen-bond donors (Lipinski definition) is 2. The van der Waals surface area contributed by atoms with Crippen molar-refractivity contribution >= 4 is 5.91 Å². The van der Waals surface area contributed by atoms with Crippen LogP contribution in [-0.2, 0) is 4.79 Å². The maximum Gasteiger partial charge on any atom is 0.231 e. The third kappa shape index (κ3) is 4.77. The molecule has 2 aliphatic rings. The highest BCUT2D eigenvalue weighted by atomic mass is 16.1. The van der Waals surface area contributed by atoms with Gasteiger partial charge in [-0.3, -0.25) is 9.69 Å². The minimum atomic E-state index is -0.206. The van der Waals surface area contributed by atoms with E-state index in [2.05, 4.69) is 17.1 Å². The molecule has 2 fully saturated rings. The van der Waals surface area contributed by atoms with Gasteiger partial charge in [-0.25, -0.2) is 0 Å². The first-order chi connectivity index (χ1) is 9.15. The number of hydrogen-bond acceptors (Lipinski definition) is 3. The van der Waals surface area contributed by atoms with Crippen molar-refractivity contribution in [1.82, 2.24) is 10.2 Å². The highest BCUT2D eigenvalue weighted by molar-refractivity contribution is 5.75. The molecule has 0 radical (unpaired) electrons. The molecule has 110 valence electrons. The average Bonchev–Trinajstić information content (AvgIpc) is 2.39. The molecule has 1 amide bonds. The van der Waals surface area contributed by atoms with Crippen LogP contribution in [0.5, 0.6) is 0 Å². The Bertz CT molecular complexity index is 287. The maximum atomic E-state index is 10.9. The van der Waals surface area contributed by atoms with E-state index in [1.54, 1.807) is 0 Å². The molecule has 0 spiro atoms. The van der Waals surface area contributed by atoms with Crippen molar-refractivity contribution in [2.45, 2.75) is 51.5 Å². The summed E-state index contributed by atoms with van der Waals surface area (Å²) < 4.78 is 0. The van der Waals surface area contributed by atoms with E-state index in [9.17, 15) is 4.79 Å². The maximum absolute atomic E-state index is 10.9. The number of piperidine rings is 1. The van der Waals surface area contributed by atoms with Gasteiger partial charge in [0.2, 0.25) is 5.91 Å². The Kier molecular flexibility index (Phi) is 5.64. The van der Waals surface area contributed by atoms with Crippen LogP contribution in [0.1, 0.15) is 45.4 Å². The number of nitrogens with zero attached hydrogens (tertiary/aromatic N) is 1. The number of primary amides is 1. The van der Waals surface area contributed by atoms with Crippen molar-refractivity contribution in [1.29, 1.82) is 0 Å². The van der Waals surface area contributed by atoms with E-state index in [4.69, 9.17) is 5.73 Å². The van der Waals surface area contributed by atoms with Crippen LogP contribution in [0.4, 0.5) is 0 Å². The quantitative estimate of drug-likeness (QED) is 0.790. The molecule has 3 N–H and O–H groups in total. The second-order valence-corrected chi connectivity index (χ2v) is 6.45. The number of carbonyl (C=O) groups is 1. The van der Waals surface area contributed by atoms with Crippen molar-refractivity contribution in [3.8, 4) is 0 Å². The van der Waals surface area contributed by atoms with Gasteiger partial charge in [0.1, 0.15) is 0 Å². The fraction of sp³-hybridized carbons (Fsp3) is 0.933. The highest BCUT2D eigenvalue weighted by Crippen LogP contribution is 2.29. The summed E-state index contributed by atoms with van der Waals surface area (Å²) in [5.74, 6) is 1.55. The molecule has 1 saturated heterocycles. The van der Waals surface area contributed by atoms with Gasteiger partial charge in [-0.05, 0) is 37.6 Å². The predicted octanol–water partition coefficient (Wildman–Crippen LogP) is 1.35. The van der Waals surface area contributed by atoms with Gasteiger partial charge in [0, 0.05) is 19.1 Å². The molecule has 1 aliphatic heterocycles. The molecule has 1 aliphatic carbocycles. The molecule has 0 aromatic heterocycles.